The van der Waals surface area contributed by atoms with Gasteiger partial charge < -0.3 is 14.5 Å². The molecule has 2 heterocycles. The molecular weight excluding hydrogens is 397 g/mol. The predicted octanol–water partition coefficient (Wildman–Crippen LogP) is 4.67. The molecule has 0 radical (unpaired) electrons. The molecule has 148 valence electrons. The molecule has 1 aromatic heterocycles. The van der Waals surface area contributed by atoms with Gasteiger partial charge in [-0.15, -0.1) is 0 Å². The molecule has 1 saturated carbocycles. The second-order valence-electron chi connectivity index (χ2n) is 7.29. The summed E-state index contributed by atoms with van der Waals surface area (Å²) in [7, 11) is 0. The quantitative estimate of drug-likeness (QED) is 0.721. The highest BCUT2D eigenvalue weighted by Crippen LogP contribution is 2.27. The summed E-state index contributed by atoms with van der Waals surface area (Å²) in [6.45, 7) is 2.62. The summed E-state index contributed by atoms with van der Waals surface area (Å²) in [5.41, 5.74) is 0.690. The maximum absolute atomic E-state index is 12.8. The molecule has 0 bridgehead atoms. The van der Waals surface area contributed by atoms with E-state index in [4.69, 9.17) is 27.9 Å². The molecule has 4 rings (SSSR count). The van der Waals surface area contributed by atoms with Crippen LogP contribution in [0.25, 0.3) is 0 Å². The van der Waals surface area contributed by atoms with Crippen molar-refractivity contribution in [2.75, 3.05) is 31.1 Å². The highest BCUT2D eigenvalue weighted by atomic mass is 35.5. The molecule has 1 aliphatic heterocycles. The normalized spacial score (nSPS) is 17.8. The van der Waals surface area contributed by atoms with E-state index < -0.39 is 0 Å². The van der Waals surface area contributed by atoms with Gasteiger partial charge in [-0.2, -0.15) is 0 Å². The van der Waals surface area contributed by atoms with E-state index in [1.807, 2.05) is 29.2 Å². The van der Waals surface area contributed by atoms with Gasteiger partial charge in [0, 0.05) is 37.9 Å². The molecule has 2 fully saturated rings. The Bertz CT molecular complexity index is 830. The zero-order valence-corrected chi connectivity index (χ0v) is 17.1. The number of carbonyl (C=O) groups is 1. The van der Waals surface area contributed by atoms with Gasteiger partial charge in [-0.25, -0.2) is 4.98 Å². The van der Waals surface area contributed by atoms with Gasteiger partial charge in [0.05, 0.1) is 16.1 Å². The number of pyridine rings is 1. The van der Waals surface area contributed by atoms with E-state index in [1.54, 1.807) is 12.3 Å². The lowest BCUT2D eigenvalue weighted by molar-refractivity contribution is 0.0746. The van der Waals surface area contributed by atoms with E-state index in [0.29, 0.717) is 53.7 Å². The molecule has 5 nitrogen and oxygen atoms in total. The first-order valence-electron chi connectivity index (χ1n) is 9.72. The van der Waals surface area contributed by atoms with Crippen molar-refractivity contribution in [3.63, 3.8) is 0 Å². The van der Waals surface area contributed by atoms with Crippen LogP contribution in [0, 0.1) is 0 Å². The molecule has 1 aliphatic carbocycles. The number of amides is 1. The van der Waals surface area contributed by atoms with Crippen molar-refractivity contribution in [3.05, 3.63) is 52.1 Å². The molecule has 7 heteroatoms. The number of hydrogen-bond acceptors (Lipinski definition) is 4. The molecule has 0 N–H and O–H groups in total. The monoisotopic (exact) mass is 419 g/mol. The van der Waals surface area contributed by atoms with Gasteiger partial charge in [0.1, 0.15) is 11.6 Å². The number of piperazine rings is 1. The van der Waals surface area contributed by atoms with Gasteiger partial charge in [-0.05, 0) is 56.0 Å². The number of carbonyl (C=O) groups excluding carboxylic acids is 1. The number of aromatic nitrogens is 1. The Kier molecular flexibility index (Phi) is 5.93. The van der Waals surface area contributed by atoms with Crippen LogP contribution >= 0.6 is 23.2 Å². The molecule has 1 aromatic carbocycles. The Morgan fingerprint density at radius 3 is 2.36 bits per heavy atom. The Balaban J connectivity index is 1.34. The average molecular weight is 420 g/mol. The van der Waals surface area contributed by atoms with E-state index in [-0.39, 0.29) is 5.91 Å². The number of anilines is 1. The number of benzene rings is 1. The molecule has 2 aliphatic rings. The van der Waals surface area contributed by atoms with Crippen LogP contribution in [0.3, 0.4) is 0 Å². The first-order valence-corrected chi connectivity index (χ1v) is 10.5. The van der Waals surface area contributed by atoms with E-state index in [0.717, 1.165) is 18.6 Å². The fraction of sp³-hybridized carbons (Fsp3) is 0.429. The topological polar surface area (TPSA) is 45.7 Å². The average Bonchev–Trinajstić information content (AvgIpc) is 3.21. The summed E-state index contributed by atoms with van der Waals surface area (Å²) in [6.07, 6.45) is 6.64. The molecule has 0 unspecified atom stereocenters. The van der Waals surface area contributed by atoms with Crippen molar-refractivity contribution in [3.8, 4) is 5.75 Å². The zero-order valence-electron chi connectivity index (χ0n) is 15.6. The van der Waals surface area contributed by atoms with Gasteiger partial charge in [0.15, 0.2) is 0 Å². The van der Waals surface area contributed by atoms with Crippen LogP contribution in [0.2, 0.25) is 10.0 Å². The number of hydrogen-bond donors (Lipinski definition) is 0. The second kappa shape index (κ2) is 8.58. The molecule has 1 saturated heterocycles. The summed E-state index contributed by atoms with van der Waals surface area (Å²) >= 11 is 12.2. The van der Waals surface area contributed by atoms with E-state index in [9.17, 15) is 4.79 Å². The summed E-state index contributed by atoms with van der Waals surface area (Å²) in [5.74, 6) is 1.60. The van der Waals surface area contributed by atoms with E-state index in [1.165, 1.54) is 12.8 Å². The first kappa shape index (κ1) is 19.3. The fourth-order valence-corrected chi connectivity index (χ4v) is 4.32. The Morgan fingerprint density at radius 1 is 1.04 bits per heavy atom. The predicted molar refractivity (Wildman–Crippen MR) is 112 cm³/mol. The minimum absolute atomic E-state index is 0.0437. The van der Waals surface area contributed by atoms with Crippen molar-refractivity contribution >= 4 is 34.9 Å². The number of rotatable bonds is 4. The van der Waals surface area contributed by atoms with Crippen LogP contribution < -0.4 is 9.64 Å². The second-order valence-corrected chi connectivity index (χ2v) is 8.13. The van der Waals surface area contributed by atoms with Crippen molar-refractivity contribution in [1.82, 2.24) is 9.88 Å². The maximum atomic E-state index is 12.8. The molecule has 0 atom stereocenters. The standard InChI is InChI=1S/C21H23Cl2N3O2/c22-16-13-19(23)20(24-14-16)25-9-11-26(12-10-25)21(27)15-5-7-18(8-6-15)28-17-3-1-2-4-17/h5-8,13-14,17H,1-4,9-12H2. The largest absolute Gasteiger partial charge is 0.490 e. The van der Waals surface area contributed by atoms with E-state index in [2.05, 4.69) is 9.88 Å². The Labute approximate surface area is 175 Å². The van der Waals surface area contributed by atoms with Crippen LogP contribution in [0.15, 0.2) is 36.5 Å². The van der Waals surface area contributed by atoms with Gasteiger partial charge in [0.25, 0.3) is 5.91 Å². The Hall–Kier alpha value is -1.98. The zero-order chi connectivity index (χ0) is 19.5. The van der Waals surface area contributed by atoms with Gasteiger partial charge in [-0.1, -0.05) is 23.2 Å². The molecule has 0 spiro atoms. The summed E-state index contributed by atoms with van der Waals surface area (Å²) in [6, 6.07) is 9.21. The lowest BCUT2D eigenvalue weighted by atomic mass is 10.1. The molecular formula is C21H23Cl2N3O2. The van der Waals surface area contributed by atoms with Crippen LogP contribution in [-0.2, 0) is 0 Å². The van der Waals surface area contributed by atoms with Gasteiger partial charge >= 0.3 is 0 Å². The van der Waals surface area contributed by atoms with Crippen molar-refractivity contribution < 1.29 is 9.53 Å². The third kappa shape index (κ3) is 4.36. The number of nitrogens with zero attached hydrogens (tertiary/aromatic N) is 3. The summed E-state index contributed by atoms with van der Waals surface area (Å²) in [4.78, 5) is 21.1. The van der Waals surface area contributed by atoms with Crippen LogP contribution in [0.1, 0.15) is 36.0 Å². The summed E-state index contributed by atoms with van der Waals surface area (Å²) < 4.78 is 5.98. The molecule has 28 heavy (non-hydrogen) atoms. The summed E-state index contributed by atoms with van der Waals surface area (Å²) in [5, 5.41) is 1.05. The highest BCUT2D eigenvalue weighted by Gasteiger charge is 2.24. The maximum Gasteiger partial charge on any atom is 0.253 e. The minimum Gasteiger partial charge on any atom is -0.490 e. The molecule has 2 aromatic rings. The number of ether oxygens (including phenoxy) is 1. The van der Waals surface area contributed by atoms with Crippen LogP contribution in [-0.4, -0.2) is 48.1 Å². The van der Waals surface area contributed by atoms with Crippen molar-refractivity contribution in [2.45, 2.75) is 31.8 Å². The first-order chi connectivity index (χ1) is 13.6. The third-order valence-electron chi connectivity index (χ3n) is 5.36. The fourth-order valence-electron chi connectivity index (χ4n) is 3.82. The van der Waals surface area contributed by atoms with E-state index >= 15 is 0 Å². The smallest absolute Gasteiger partial charge is 0.253 e. The Morgan fingerprint density at radius 2 is 1.71 bits per heavy atom. The van der Waals surface area contributed by atoms with Gasteiger partial charge in [0.2, 0.25) is 0 Å². The lowest BCUT2D eigenvalue weighted by Gasteiger charge is -2.35. The van der Waals surface area contributed by atoms with Gasteiger partial charge in [-0.3, -0.25) is 4.79 Å². The van der Waals surface area contributed by atoms with Crippen LogP contribution in [0.4, 0.5) is 5.82 Å². The van der Waals surface area contributed by atoms with Crippen LogP contribution in [0.5, 0.6) is 5.75 Å². The van der Waals surface area contributed by atoms with Crippen molar-refractivity contribution in [1.29, 1.82) is 0 Å². The highest BCUT2D eigenvalue weighted by molar-refractivity contribution is 6.36. The SMILES string of the molecule is O=C(c1ccc(OC2CCCC2)cc1)N1CCN(c2ncc(Cl)cc2Cl)CC1. The number of halogens is 2. The van der Waals surface area contributed by atoms with Crippen molar-refractivity contribution in [2.24, 2.45) is 0 Å². The third-order valence-corrected chi connectivity index (χ3v) is 5.85. The molecule has 1 amide bonds. The lowest BCUT2D eigenvalue weighted by Crippen LogP contribution is -2.49. The minimum atomic E-state index is 0.0437.